The van der Waals surface area contributed by atoms with Crippen LogP contribution in [0.1, 0.15) is 49.7 Å². The predicted molar refractivity (Wildman–Crippen MR) is 145 cm³/mol. The molecule has 0 saturated heterocycles. The van der Waals surface area contributed by atoms with E-state index in [-0.39, 0.29) is 24.6 Å². The predicted octanol–water partition coefficient (Wildman–Crippen LogP) is 4.01. The molecule has 0 saturated carbocycles. The first-order valence-corrected chi connectivity index (χ1v) is 13.0. The number of tetrazole rings is 1. The van der Waals surface area contributed by atoms with Crippen molar-refractivity contribution in [2.45, 2.75) is 58.2 Å². The van der Waals surface area contributed by atoms with Crippen molar-refractivity contribution < 1.29 is 19.4 Å². The third-order valence-corrected chi connectivity index (χ3v) is 6.58. The number of ether oxygens (including phenoxy) is 1. The molecule has 0 fully saturated rings. The summed E-state index contributed by atoms with van der Waals surface area (Å²) < 4.78 is 7.37. The number of aliphatic carboxylic acids is 1. The molecule has 0 radical (unpaired) electrons. The molecule has 11 nitrogen and oxygen atoms in total. The Hall–Kier alpha value is -4.09. The fourth-order valence-corrected chi connectivity index (χ4v) is 4.46. The Bertz CT molecular complexity index is 1410. The van der Waals surface area contributed by atoms with Crippen LogP contribution >= 0.6 is 11.6 Å². The molecule has 2 aromatic carbocycles. The second kappa shape index (κ2) is 13.1. The molecule has 4 aromatic rings. The molecule has 0 amide bonds. The lowest BCUT2D eigenvalue weighted by molar-refractivity contribution is -0.147. The number of hydrogen-bond acceptors (Lipinski definition) is 8. The molecule has 2 aromatic heterocycles. The van der Waals surface area contributed by atoms with Crippen LogP contribution in [0.2, 0.25) is 5.15 Å². The highest BCUT2D eigenvalue weighted by molar-refractivity contribution is 6.30. The number of unbranched alkanes of at least 4 members (excludes halogenated alkanes) is 1. The monoisotopic (exact) mass is 551 g/mol. The summed E-state index contributed by atoms with van der Waals surface area (Å²) in [5.74, 6) is -0.480. The molecule has 0 bridgehead atoms. The number of rotatable bonds is 13. The van der Waals surface area contributed by atoms with Crippen molar-refractivity contribution in [2.75, 3.05) is 0 Å². The number of esters is 1. The number of benzene rings is 2. The maximum atomic E-state index is 12.4. The van der Waals surface area contributed by atoms with Crippen LogP contribution in [-0.2, 0) is 33.9 Å². The van der Waals surface area contributed by atoms with Gasteiger partial charge in [-0.25, -0.2) is 4.98 Å². The molecule has 12 heteroatoms. The number of carbonyl (C=O) groups excluding carboxylic acids is 1. The third-order valence-electron chi connectivity index (χ3n) is 6.28. The number of nitrogens with zero attached hydrogens (tertiary/aromatic N) is 5. The van der Waals surface area contributed by atoms with Crippen LogP contribution in [0.5, 0.6) is 0 Å². The van der Waals surface area contributed by atoms with E-state index in [1.807, 2.05) is 53.1 Å². The molecule has 0 unspecified atom stereocenters. The van der Waals surface area contributed by atoms with Gasteiger partial charge in [0.2, 0.25) is 5.82 Å². The fraction of sp³-hybridized carbons (Fsp3) is 0.333. The molecule has 4 rings (SSSR count). The average Bonchev–Trinajstić information content (AvgIpc) is 3.58. The standard InChI is InChI=1S/C27H30ClN7O4/c1-2-3-9-23-30-25(28)22(16-39-27(38)21(29)12-13-24(36)37)35(23)15-17-10-11-19(18-7-5-4-6-8-18)20(14-17)26-31-33-34-32-26/h4-8,10-11,14,21H,2-3,9,12-13,15-16,29H2,1H3,(H,36,37)(H,31,32,33,34)/t21-/m1/s1. The zero-order valence-electron chi connectivity index (χ0n) is 21.5. The lowest BCUT2D eigenvalue weighted by Crippen LogP contribution is -2.33. The summed E-state index contributed by atoms with van der Waals surface area (Å²) in [6.45, 7) is 2.36. The highest BCUT2D eigenvalue weighted by Gasteiger charge is 2.22. The zero-order valence-corrected chi connectivity index (χ0v) is 22.3. The Kier molecular flexibility index (Phi) is 9.40. The molecule has 0 spiro atoms. The molecule has 0 aliphatic rings. The summed E-state index contributed by atoms with van der Waals surface area (Å²) in [6.07, 6.45) is 2.34. The number of imidazole rings is 1. The van der Waals surface area contributed by atoms with Crippen molar-refractivity contribution in [3.63, 3.8) is 0 Å². The molecule has 1 atom stereocenters. The summed E-state index contributed by atoms with van der Waals surface area (Å²) in [5, 5.41) is 23.7. The van der Waals surface area contributed by atoms with Crippen LogP contribution in [0, 0.1) is 0 Å². The van der Waals surface area contributed by atoms with E-state index < -0.39 is 18.0 Å². The molecule has 39 heavy (non-hydrogen) atoms. The summed E-state index contributed by atoms with van der Waals surface area (Å²) in [5.41, 5.74) is 10.1. The highest BCUT2D eigenvalue weighted by atomic mass is 35.5. The summed E-state index contributed by atoms with van der Waals surface area (Å²) in [7, 11) is 0. The number of aromatic nitrogens is 6. The van der Waals surface area contributed by atoms with E-state index in [0.717, 1.165) is 40.9 Å². The second-order valence-electron chi connectivity index (χ2n) is 9.08. The van der Waals surface area contributed by atoms with Crippen molar-refractivity contribution in [3.8, 4) is 22.5 Å². The minimum absolute atomic E-state index is 0.0183. The number of H-pyrrole nitrogens is 1. The van der Waals surface area contributed by atoms with Crippen LogP contribution in [-0.4, -0.2) is 53.3 Å². The van der Waals surface area contributed by atoms with Gasteiger partial charge in [-0.2, -0.15) is 5.21 Å². The summed E-state index contributed by atoms with van der Waals surface area (Å²) in [4.78, 5) is 27.8. The number of hydrogen-bond donors (Lipinski definition) is 3. The first-order valence-electron chi connectivity index (χ1n) is 12.7. The van der Waals surface area contributed by atoms with Gasteiger partial charge in [0.15, 0.2) is 5.15 Å². The van der Waals surface area contributed by atoms with Crippen LogP contribution < -0.4 is 5.73 Å². The van der Waals surface area contributed by atoms with E-state index in [2.05, 4.69) is 32.5 Å². The van der Waals surface area contributed by atoms with Crippen molar-refractivity contribution in [3.05, 3.63) is 70.8 Å². The zero-order chi connectivity index (χ0) is 27.8. The Labute approximate surface area is 230 Å². The van der Waals surface area contributed by atoms with Crippen LogP contribution in [0.4, 0.5) is 0 Å². The minimum Gasteiger partial charge on any atom is -0.481 e. The van der Waals surface area contributed by atoms with Crippen molar-refractivity contribution in [2.24, 2.45) is 5.73 Å². The van der Waals surface area contributed by atoms with Crippen LogP contribution in [0.15, 0.2) is 48.5 Å². The van der Waals surface area contributed by atoms with Gasteiger partial charge in [0.1, 0.15) is 18.5 Å². The van der Waals surface area contributed by atoms with Gasteiger partial charge in [0, 0.05) is 24.9 Å². The Morgan fingerprint density at radius 1 is 1.18 bits per heavy atom. The number of nitrogens with two attached hydrogens (primary N) is 1. The molecular weight excluding hydrogens is 522 g/mol. The molecule has 204 valence electrons. The Morgan fingerprint density at radius 3 is 2.67 bits per heavy atom. The van der Waals surface area contributed by atoms with Gasteiger partial charge < -0.3 is 20.1 Å². The van der Waals surface area contributed by atoms with Crippen LogP contribution in [0.25, 0.3) is 22.5 Å². The molecule has 0 aliphatic heterocycles. The van der Waals surface area contributed by atoms with E-state index in [4.69, 9.17) is 27.2 Å². The van der Waals surface area contributed by atoms with Gasteiger partial charge in [-0.15, -0.1) is 10.2 Å². The van der Waals surface area contributed by atoms with E-state index in [1.165, 1.54) is 0 Å². The Balaban J connectivity index is 1.64. The second-order valence-corrected chi connectivity index (χ2v) is 9.44. The lowest BCUT2D eigenvalue weighted by Gasteiger charge is -2.16. The topological polar surface area (TPSA) is 162 Å². The smallest absolute Gasteiger partial charge is 0.323 e. The lowest BCUT2D eigenvalue weighted by atomic mass is 9.97. The number of carbonyl (C=O) groups is 2. The molecule has 4 N–H and O–H groups in total. The van der Waals surface area contributed by atoms with Gasteiger partial charge in [-0.1, -0.05) is 67.4 Å². The van der Waals surface area contributed by atoms with Gasteiger partial charge in [-0.3, -0.25) is 9.59 Å². The maximum Gasteiger partial charge on any atom is 0.323 e. The largest absolute Gasteiger partial charge is 0.481 e. The number of carboxylic acid groups (broad SMARTS) is 1. The first-order chi connectivity index (χ1) is 18.9. The molecule has 2 heterocycles. The van der Waals surface area contributed by atoms with Crippen molar-refractivity contribution in [1.82, 2.24) is 30.2 Å². The fourth-order valence-electron chi connectivity index (χ4n) is 4.20. The summed E-state index contributed by atoms with van der Waals surface area (Å²) in [6, 6.07) is 14.9. The van der Waals surface area contributed by atoms with Gasteiger partial charge in [-0.05, 0) is 40.8 Å². The maximum absolute atomic E-state index is 12.4. The Morgan fingerprint density at radius 2 is 1.97 bits per heavy atom. The third kappa shape index (κ3) is 7.06. The van der Waals surface area contributed by atoms with Crippen molar-refractivity contribution in [1.29, 1.82) is 0 Å². The average molecular weight is 552 g/mol. The normalized spacial score (nSPS) is 11.9. The van der Waals surface area contributed by atoms with Gasteiger partial charge in [0.25, 0.3) is 0 Å². The number of nitrogens with one attached hydrogen (secondary N) is 1. The molecular formula is C27H30ClN7O4. The number of aromatic amines is 1. The quantitative estimate of drug-likeness (QED) is 0.208. The van der Waals surface area contributed by atoms with Crippen molar-refractivity contribution >= 4 is 23.5 Å². The number of carboxylic acids is 1. The van der Waals surface area contributed by atoms with E-state index in [1.54, 1.807) is 0 Å². The molecule has 0 aliphatic carbocycles. The highest BCUT2D eigenvalue weighted by Crippen LogP contribution is 2.31. The van der Waals surface area contributed by atoms with E-state index >= 15 is 0 Å². The number of halogens is 1. The SMILES string of the molecule is CCCCc1nc(Cl)c(COC(=O)[C@H](N)CCC(=O)O)n1Cc1ccc(-c2ccccc2)c(-c2nn[nH]n2)c1. The van der Waals surface area contributed by atoms with Gasteiger partial charge in [0.05, 0.1) is 5.69 Å². The first kappa shape index (κ1) is 27.9. The van der Waals surface area contributed by atoms with Crippen LogP contribution in [0.3, 0.4) is 0 Å². The van der Waals surface area contributed by atoms with E-state index in [9.17, 15) is 9.59 Å². The number of aryl methyl sites for hydroxylation is 1. The minimum atomic E-state index is -1.04. The summed E-state index contributed by atoms with van der Waals surface area (Å²) >= 11 is 6.51. The van der Waals surface area contributed by atoms with Gasteiger partial charge >= 0.3 is 11.9 Å². The van der Waals surface area contributed by atoms with E-state index in [0.29, 0.717) is 24.5 Å².